The van der Waals surface area contributed by atoms with Gasteiger partial charge >= 0.3 is 0 Å². The molecule has 0 bridgehead atoms. The van der Waals surface area contributed by atoms with Gasteiger partial charge in [0.05, 0.1) is 0 Å². The molecule has 1 radical (unpaired) electrons. The summed E-state index contributed by atoms with van der Waals surface area (Å²) in [7, 11) is 0. The minimum Gasteiger partial charge on any atom is -0.412 e. The van der Waals surface area contributed by atoms with Crippen molar-refractivity contribution in [3.05, 3.63) is 7.43 Å². The molecule has 0 spiro atoms. The van der Waals surface area contributed by atoms with E-state index >= 15 is 0 Å². The summed E-state index contributed by atoms with van der Waals surface area (Å²) in [6.07, 6.45) is 0. The lowest BCUT2D eigenvalue weighted by atomic mass is 12.0. The maximum atomic E-state index is 0. The molecule has 0 rings (SSSR count). The van der Waals surface area contributed by atoms with Gasteiger partial charge in [-0.3, -0.25) is 0 Å². The van der Waals surface area contributed by atoms with Crippen molar-refractivity contribution in [1.82, 2.24) is 6.15 Å². The van der Waals surface area contributed by atoms with Crippen LogP contribution in [0.25, 0.3) is 0 Å². The molecule has 0 atom stereocenters. The van der Waals surface area contributed by atoms with E-state index in [0.717, 1.165) is 0 Å². The maximum Gasteiger partial charge on any atom is -0.0683 e. The normalized spacial score (nSPS) is 0. The zero-order chi connectivity index (χ0) is 0. The SMILES string of the molecule is N.O.O.O.[CH3]. The molecule has 0 unspecified atom stereocenters. The molecular weight excluding hydrogens is 74.0 g/mol. The second kappa shape index (κ2) is 1210. The van der Waals surface area contributed by atoms with Crippen LogP contribution in [-0.2, 0) is 0 Å². The maximum absolute atomic E-state index is 0. The van der Waals surface area contributed by atoms with Gasteiger partial charge in [-0.15, -0.1) is 0 Å². The van der Waals surface area contributed by atoms with Crippen LogP contribution in [0.1, 0.15) is 0 Å². The van der Waals surface area contributed by atoms with Crippen molar-refractivity contribution in [3.63, 3.8) is 0 Å². The number of rotatable bonds is 0. The highest BCUT2D eigenvalue weighted by Gasteiger charge is -0.0682. The average Bonchev–Trinajstić information content (AvgIpc) is 0. The summed E-state index contributed by atoms with van der Waals surface area (Å²) in [5.74, 6) is 0. The fourth-order valence-electron chi connectivity index (χ4n) is 0. The highest BCUT2D eigenvalue weighted by atomic mass is 16.0. The molecular formula is CH12NO3. The lowest BCUT2D eigenvalue weighted by Crippen LogP contribution is -0.481. The van der Waals surface area contributed by atoms with E-state index in [1.807, 2.05) is 0 Å². The Balaban J connectivity index is 0. The molecule has 0 aromatic rings. The quantitative estimate of drug-likeness (QED) is 0.364. The summed E-state index contributed by atoms with van der Waals surface area (Å²) in [5.41, 5.74) is 0. The van der Waals surface area contributed by atoms with Gasteiger partial charge in [-0.25, -0.2) is 0 Å². The van der Waals surface area contributed by atoms with Crippen LogP contribution >= 0.6 is 0 Å². The predicted molar refractivity (Wildman–Crippen MR) is 22.3 cm³/mol. The fourth-order valence-corrected chi connectivity index (χ4v) is 0. The van der Waals surface area contributed by atoms with Crippen LogP contribution in [0.15, 0.2) is 0 Å². The van der Waals surface area contributed by atoms with Gasteiger partial charge in [0.25, 0.3) is 0 Å². The first-order valence-corrected chi connectivity index (χ1v) is 0. The Bertz CT molecular complexity index is 6.85. The molecule has 0 aromatic carbocycles. The Morgan fingerprint density at radius 1 is 0.600 bits per heavy atom. The van der Waals surface area contributed by atoms with Gasteiger partial charge in [-0.2, -0.15) is 0 Å². The first-order valence-electron chi connectivity index (χ1n) is 0. The van der Waals surface area contributed by atoms with E-state index in [0.29, 0.717) is 0 Å². The van der Waals surface area contributed by atoms with Gasteiger partial charge in [-0.1, -0.05) is 7.43 Å². The van der Waals surface area contributed by atoms with Crippen LogP contribution in [0.3, 0.4) is 0 Å². The average molecular weight is 86.1 g/mol. The van der Waals surface area contributed by atoms with Crippen molar-refractivity contribution < 1.29 is 16.4 Å². The second-order valence-electron chi connectivity index (χ2n) is 0. The van der Waals surface area contributed by atoms with Crippen molar-refractivity contribution >= 4 is 0 Å². The molecule has 5 heavy (non-hydrogen) atoms. The van der Waals surface area contributed by atoms with Crippen molar-refractivity contribution in [2.24, 2.45) is 0 Å². The minimum atomic E-state index is 0. The monoisotopic (exact) mass is 86.1 g/mol. The van der Waals surface area contributed by atoms with Crippen molar-refractivity contribution in [2.45, 2.75) is 0 Å². The summed E-state index contributed by atoms with van der Waals surface area (Å²) in [6, 6.07) is 0. The molecule has 0 amide bonds. The highest BCUT2D eigenvalue weighted by Crippen LogP contribution is 0.0813. The van der Waals surface area contributed by atoms with E-state index in [2.05, 4.69) is 0 Å². The Morgan fingerprint density at radius 2 is 0.600 bits per heavy atom. The van der Waals surface area contributed by atoms with E-state index in [1.54, 1.807) is 0 Å². The molecule has 4 heteroatoms. The topological polar surface area (TPSA) is 130 Å². The molecule has 0 saturated carbocycles. The van der Waals surface area contributed by atoms with Crippen LogP contribution in [0.2, 0.25) is 0 Å². The summed E-state index contributed by atoms with van der Waals surface area (Å²) in [4.78, 5) is 0. The lowest BCUT2D eigenvalue weighted by Gasteiger charge is -0.413. The lowest BCUT2D eigenvalue weighted by molar-refractivity contribution is 0.823. The smallest absolute Gasteiger partial charge is 0.0683 e. The summed E-state index contributed by atoms with van der Waals surface area (Å²) in [5, 5.41) is 0. The first kappa shape index (κ1) is 2790. The van der Waals surface area contributed by atoms with Crippen molar-refractivity contribution in [2.75, 3.05) is 0 Å². The second-order valence-corrected chi connectivity index (χ2v) is 0. The largest absolute Gasteiger partial charge is 0.412 e. The third kappa shape index (κ3) is 508. The van der Waals surface area contributed by atoms with Crippen LogP contribution in [-0.4, -0.2) is 16.4 Å². The molecule has 39 valence electrons. The van der Waals surface area contributed by atoms with E-state index < -0.39 is 0 Å². The Kier molecular flexibility index (Phi) is 675000. The third-order valence-corrected chi connectivity index (χ3v) is 0. The molecule has 0 aromatic heterocycles. The molecule has 0 aliphatic carbocycles. The van der Waals surface area contributed by atoms with E-state index in [4.69, 9.17) is 0 Å². The molecule has 0 saturated heterocycles. The van der Waals surface area contributed by atoms with Gasteiger partial charge in [-0.05, 0) is 0 Å². The summed E-state index contributed by atoms with van der Waals surface area (Å²) >= 11 is 0. The Labute approximate surface area is 31.3 Å². The third-order valence-electron chi connectivity index (χ3n) is 0. The van der Waals surface area contributed by atoms with Crippen LogP contribution < -0.4 is 6.15 Å². The van der Waals surface area contributed by atoms with Crippen LogP contribution in [0.5, 0.6) is 0 Å². The van der Waals surface area contributed by atoms with E-state index in [-0.39, 0.29) is 30.0 Å². The molecule has 4 nitrogen and oxygen atoms in total. The van der Waals surface area contributed by atoms with Gasteiger partial charge in [0.1, 0.15) is 0 Å². The van der Waals surface area contributed by atoms with E-state index in [1.165, 1.54) is 0 Å². The van der Waals surface area contributed by atoms with Crippen LogP contribution in [0, 0.1) is 7.43 Å². The first-order chi connectivity index (χ1) is 0. The van der Waals surface area contributed by atoms with Crippen molar-refractivity contribution in [3.8, 4) is 0 Å². The number of hydrogen-bond acceptors (Lipinski definition) is 1. The van der Waals surface area contributed by atoms with Crippen molar-refractivity contribution in [1.29, 1.82) is 0 Å². The van der Waals surface area contributed by atoms with E-state index in [9.17, 15) is 0 Å². The molecule has 0 aliphatic rings. The number of hydrogen-bond donors (Lipinski definition) is 1. The molecule has 0 aliphatic heterocycles. The van der Waals surface area contributed by atoms with Gasteiger partial charge in [0.2, 0.25) is 0 Å². The highest BCUT2D eigenvalue weighted by molar-refractivity contribution is 3.24. The van der Waals surface area contributed by atoms with Gasteiger partial charge in [0, 0.05) is 0 Å². The molecule has 0 heterocycles. The molecule has 0 fully saturated rings. The Morgan fingerprint density at radius 3 is 0.600 bits per heavy atom. The van der Waals surface area contributed by atoms with Crippen LogP contribution in [0.4, 0.5) is 0 Å². The minimum absolute atomic E-state index is 0. The summed E-state index contributed by atoms with van der Waals surface area (Å²) < 4.78 is 0. The zero-order valence-electron chi connectivity index (χ0n) is 3.21. The van der Waals surface area contributed by atoms with Gasteiger partial charge < -0.3 is 22.6 Å². The fraction of sp³-hybridized carbons (Fsp3) is 0. The molecule has 9 N–H and O–H groups in total. The predicted octanol–water partition coefficient (Wildman–Crippen LogP) is -1.86. The standard InChI is InChI=1S/CH3.H3N.3H2O/h2*1H3;3*1H2. The zero-order valence-corrected chi connectivity index (χ0v) is 3.21. The Hall–Kier alpha value is -0.160. The van der Waals surface area contributed by atoms with Gasteiger partial charge in [0.15, 0.2) is 0 Å². The summed E-state index contributed by atoms with van der Waals surface area (Å²) in [6.45, 7) is 0.